The molecule has 0 saturated carbocycles. The summed E-state index contributed by atoms with van der Waals surface area (Å²) in [4.78, 5) is 20.2. The molecular weight excluding hydrogens is 222 g/mol. The zero-order chi connectivity index (χ0) is 12.3. The predicted octanol–water partition coefficient (Wildman–Crippen LogP) is 1.05. The second-order valence-electron chi connectivity index (χ2n) is 3.35. The molecule has 0 saturated heterocycles. The third-order valence-corrected chi connectivity index (χ3v) is 2.23. The Balaban J connectivity index is 2.55. The van der Waals surface area contributed by atoms with Crippen LogP contribution in [-0.2, 0) is 16.1 Å². The van der Waals surface area contributed by atoms with Gasteiger partial charge in [0.05, 0.1) is 13.2 Å². The molecule has 0 amide bonds. The molecule has 6 heteroatoms. The fraction of sp³-hybridized carbons (Fsp3) is 0.364. The fourth-order valence-electron chi connectivity index (χ4n) is 1.59. The van der Waals surface area contributed by atoms with E-state index in [2.05, 4.69) is 9.97 Å². The first-order chi connectivity index (χ1) is 8.27. The van der Waals surface area contributed by atoms with Crippen molar-refractivity contribution < 1.29 is 14.3 Å². The summed E-state index contributed by atoms with van der Waals surface area (Å²) >= 11 is 0. The van der Waals surface area contributed by atoms with E-state index in [4.69, 9.17) is 9.47 Å². The summed E-state index contributed by atoms with van der Waals surface area (Å²) in [7, 11) is 1.55. The molecule has 2 heterocycles. The molecule has 2 aromatic rings. The van der Waals surface area contributed by atoms with Crippen molar-refractivity contribution in [1.82, 2.24) is 14.4 Å². The number of fused-ring (bicyclic) bond motifs is 1. The average molecular weight is 235 g/mol. The Kier molecular flexibility index (Phi) is 3.34. The van der Waals surface area contributed by atoms with Crippen molar-refractivity contribution in [3.05, 3.63) is 29.8 Å². The number of hydrogen-bond donors (Lipinski definition) is 0. The lowest BCUT2D eigenvalue weighted by atomic mass is 10.3. The summed E-state index contributed by atoms with van der Waals surface area (Å²) in [6, 6.07) is 1.73. The van der Waals surface area contributed by atoms with Crippen LogP contribution in [-0.4, -0.2) is 34.1 Å². The SMILES string of the molecule is CCOC(=O)c1c(COC)nc2ncccn12. The minimum atomic E-state index is -0.417. The van der Waals surface area contributed by atoms with E-state index in [1.807, 2.05) is 0 Å². The molecule has 90 valence electrons. The molecule has 0 aliphatic heterocycles. The van der Waals surface area contributed by atoms with Crippen LogP contribution in [0, 0.1) is 0 Å². The Morgan fingerprint density at radius 3 is 3.06 bits per heavy atom. The lowest BCUT2D eigenvalue weighted by Gasteiger charge is -2.03. The summed E-state index contributed by atoms with van der Waals surface area (Å²) in [5.41, 5.74) is 0.904. The highest BCUT2D eigenvalue weighted by Gasteiger charge is 2.20. The lowest BCUT2D eigenvalue weighted by molar-refractivity contribution is 0.0513. The summed E-state index contributed by atoms with van der Waals surface area (Å²) < 4.78 is 11.6. The highest BCUT2D eigenvalue weighted by molar-refractivity contribution is 5.89. The summed E-state index contributed by atoms with van der Waals surface area (Å²) in [5.74, 6) is 0.0441. The van der Waals surface area contributed by atoms with Crippen molar-refractivity contribution in [3.8, 4) is 0 Å². The van der Waals surface area contributed by atoms with Gasteiger partial charge in [-0.25, -0.2) is 14.8 Å². The number of carbonyl (C=O) groups excluding carboxylic acids is 1. The van der Waals surface area contributed by atoms with Crippen LogP contribution < -0.4 is 0 Å². The van der Waals surface area contributed by atoms with Crippen LogP contribution in [0.4, 0.5) is 0 Å². The van der Waals surface area contributed by atoms with E-state index in [0.29, 0.717) is 23.8 Å². The molecule has 0 aromatic carbocycles. The first-order valence-electron chi connectivity index (χ1n) is 5.26. The van der Waals surface area contributed by atoms with Crippen LogP contribution >= 0.6 is 0 Å². The van der Waals surface area contributed by atoms with Crippen LogP contribution in [0.25, 0.3) is 5.78 Å². The van der Waals surface area contributed by atoms with Gasteiger partial charge >= 0.3 is 5.97 Å². The van der Waals surface area contributed by atoms with E-state index in [1.54, 1.807) is 36.9 Å². The van der Waals surface area contributed by atoms with E-state index in [-0.39, 0.29) is 6.61 Å². The maximum absolute atomic E-state index is 11.8. The maximum Gasteiger partial charge on any atom is 0.357 e. The zero-order valence-corrected chi connectivity index (χ0v) is 9.71. The normalized spacial score (nSPS) is 10.7. The lowest BCUT2D eigenvalue weighted by Crippen LogP contribution is -2.11. The number of hydrogen-bond acceptors (Lipinski definition) is 5. The molecule has 0 fully saturated rings. The number of aromatic nitrogens is 3. The molecule has 0 aliphatic rings. The number of esters is 1. The van der Waals surface area contributed by atoms with Gasteiger partial charge in [0, 0.05) is 19.5 Å². The van der Waals surface area contributed by atoms with Crippen molar-refractivity contribution in [2.45, 2.75) is 13.5 Å². The molecule has 0 spiro atoms. The van der Waals surface area contributed by atoms with Gasteiger partial charge in [-0.2, -0.15) is 0 Å². The van der Waals surface area contributed by atoms with Crippen molar-refractivity contribution in [3.63, 3.8) is 0 Å². The number of ether oxygens (including phenoxy) is 2. The first kappa shape index (κ1) is 11.5. The smallest absolute Gasteiger partial charge is 0.357 e. The fourth-order valence-corrected chi connectivity index (χ4v) is 1.59. The summed E-state index contributed by atoms with van der Waals surface area (Å²) in [5, 5.41) is 0. The molecule has 0 bridgehead atoms. The standard InChI is InChI=1S/C11H13N3O3/c1-3-17-10(15)9-8(7-16-2)13-11-12-5-4-6-14(9)11/h4-6H,3,7H2,1-2H3. The zero-order valence-electron chi connectivity index (χ0n) is 9.71. The second kappa shape index (κ2) is 4.92. The molecule has 0 aliphatic carbocycles. The first-order valence-corrected chi connectivity index (χ1v) is 5.26. The Bertz CT molecular complexity index is 536. The predicted molar refractivity (Wildman–Crippen MR) is 59.7 cm³/mol. The van der Waals surface area contributed by atoms with Crippen LogP contribution in [0.1, 0.15) is 23.1 Å². The van der Waals surface area contributed by atoms with Crippen molar-refractivity contribution in [2.75, 3.05) is 13.7 Å². The van der Waals surface area contributed by atoms with Crippen LogP contribution in [0.5, 0.6) is 0 Å². The Labute approximate surface area is 98.2 Å². The summed E-state index contributed by atoms with van der Waals surface area (Å²) in [6.07, 6.45) is 3.34. The van der Waals surface area contributed by atoms with Gasteiger partial charge in [0.15, 0.2) is 5.69 Å². The molecular formula is C11H13N3O3. The van der Waals surface area contributed by atoms with Gasteiger partial charge in [0.25, 0.3) is 0 Å². The maximum atomic E-state index is 11.8. The topological polar surface area (TPSA) is 65.7 Å². The van der Waals surface area contributed by atoms with Gasteiger partial charge in [-0.1, -0.05) is 0 Å². The van der Waals surface area contributed by atoms with Crippen molar-refractivity contribution in [1.29, 1.82) is 0 Å². The van der Waals surface area contributed by atoms with Gasteiger partial charge in [0.2, 0.25) is 5.78 Å². The summed E-state index contributed by atoms with van der Waals surface area (Å²) in [6.45, 7) is 2.33. The van der Waals surface area contributed by atoms with E-state index in [0.717, 1.165) is 0 Å². The minimum Gasteiger partial charge on any atom is -0.461 e. The molecule has 0 atom stereocenters. The van der Waals surface area contributed by atoms with E-state index in [9.17, 15) is 4.79 Å². The molecule has 0 radical (unpaired) electrons. The molecule has 17 heavy (non-hydrogen) atoms. The van der Waals surface area contributed by atoms with Gasteiger partial charge in [-0.3, -0.25) is 4.40 Å². The molecule has 0 unspecified atom stereocenters. The Morgan fingerprint density at radius 1 is 1.53 bits per heavy atom. The van der Waals surface area contributed by atoms with E-state index in [1.165, 1.54) is 0 Å². The number of carbonyl (C=O) groups is 1. The third-order valence-electron chi connectivity index (χ3n) is 2.23. The monoisotopic (exact) mass is 235 g/mol. The van der Waals surface area contributed by atoms with Gasteiger partial charge < -0.3 is 9.47 Å². The Hall–Kier alpha value is -1.95. The highest BCUT2D eigenvalue weighted by atomic mass is 16.5. The number of nitrogens with zero attached hydrogens (tertiary/aromatic N) is 3. The van der Waals surface area contributed by atoms with Gasteiger partial charge in [0.1, 0.15) is 5.69 Å². The highest BCUT2D eigenvalue weighted by Crippen LogP contribution is 2.13. The van der Waals surface area contributed by atoms with Gasteiger partial charge in [-0.15, -0.1) is 0 Å². The van der Waals surface area contributed by atoms with Gasteiger partial charge in [-0.05, 0) is 13.0 Å². The third kappa shape index (κ3) is 2.12. The molecule has 2 rings (SSSR count). The molecule has 0 N–H and O–H groups in total. The van der Waals surface area contributed by atoms with E-state index < -0.39 is 5.97 Å². The molecule has 6 nitrogen and oxygen atoms in total. The van der Waals surface area contributed by atoms with Crippen LogP contribution in [0.3, 0.4) is 0 Å². The average Bonchev–Trinajstić information content (AvgIpc) is 2.67. The van der Waals surface area contributed by atoms with Crippen molar-refractivity contribution in [2.24, 2.45) is 0 Å². The number of imidazole rings is 1. The second-order valence-corrected chi connectivity index (χ2v) is 3.35. The van der Waals surface area contributed by atoms with Crippen molar-refractivity contribution >= 4 is 11.7 Å². The minimum absolute atomic E-state index is 0.248. The Morgan fingerprint density at radius 2 is 2.35 bits per heavy atom. The largest absolute Gasteiger partial charge is 0.461 e. The van der Waals surface area contributed by atoms with E-state index >= 15 is 0 Å². The number of rotatable bonds is 4. The number of methoxy groups -OCH3 is 1. The molecule has 2 aromatic heterocycles. The van der Waals surface area contributed by atoms with Crippen LogP contribution in [0.2, 0.25) is 0 Å². The van der Waals surface area contributed by atoms with Crippen LogP contribution in [0.15, 0.2) is 18.5 Å². The quantitative estimate of drug-likeness (QED) is 0.741.